The highest BCUT2D eigenvalue weighted by Crippen LogP contribution is 2.33. The number of hydrogen-bond acceptors (Lipinski definition) is 7. The van der Waals surface area contributed by atoms with Crippen LogP contribution in [-0.4, -0.2) is 50.2 Å². The monoisotopic (exact) mass is 721 g/mol. The summed E-state index contributed by atoms with van der Waals surface area (Å²) in [5.41, 5.74) is -0.829. The molecule has 10 nitrogen and oxygen atoms in total. The molecular formula is C34H32IN3O7. The molecule has 45 heavy (non-hydrogen) atoms. The van der Waals surface area contributed by atoms with Gasteiger partial charge in [0.15, 0.2) is 6.10 Å². The molecule has 1 saturated heterocycles. The van der Waals surface area contributed by atoms with Crippen molar-refractivity contribution in [3.05, 3.63) is 138 Å². The van der Waals surface area contributed by atoms with Crippen molar-refractivity contribution in [2.75, 3.05) is 6.54 Å². The molecule has 1 fully saturated rings. The van der Waals surface area contributed by atoms with Gasteiger partial charge in [-0.15, -0.1) is 0 Å². The van der Waals surface area contributed by atoms with Crippen LogP contribution >= 0.6 is 22.6 Å². The van der Waals surface area contributed by atoms with Gasteiger partial charge < -0.3 is 9.47 Å². The molecule has 1 aliphatic rings. The molecule has 232 valence electrons. The van der Waals surface area contributed by atoms with Gasteiger partial charge in [-0.2, -0.15) is 4.57 Å². The Labute approximate surface area is 273 Å². The first-order valence-electron chi connectivity index (χ1n) is 14.4. The van der Waals surface area contributed by atoms with Crippen molar-refractivity contribution in [1.29, 1.82) is 0 Å². The average molecular weight is 722 g/mol. The Bertz CT molecular complexity index is 1780. The maximum absolute atomic E-state index is 14.0. The molecule has 4 aromatic rings. The van der Waals surface area contributed by atoms with E-state index in [1.807, 2.05) is 60.7 Å². The van der Waals surface area contributed by atoms with Crippen molar-refractivity contribution in [1.82, 2.24) is 14.0 Å². The maximum Gasteiger partial charge on any atom is 0.411 e. The van der Waals surface area contributed by atoms with E-state index in [9.17, 15) is 24.0 Å². The number of halogens is 1. The standard InChI is InChI=1S/C34H32IN3O7/c1-34(2,3)45-33(43)37-20-25(36-21-26(35)30(40)38(32(36)42)29(39)24-17-11-6-12-18-24)19-27(37)31(41)44-28(22-13-7-4-8-14-22)23-15-9-5-10-16-23/h4-18,21,25,27-28H,19-20H2,1-3H3/t25-,27-/m1/s1. The summed E-state index contributed by atoms with van der Waals surface area (Å²) in [5, 5.41) is 0. The summed E-state index contributed by atoms with van der Waals surface area (Å²) < 4.78 is 13.7. The van der Waals surface area contributed by atoms with E-state index < -0.39 is 53.0 Å². The fourth-order valence-corrected chi connectivity index (χ4v) is 5.77. The number of carbonyl (C=O) groups excluding carboxylic acids is 3. The third kappa shape index (κ3) is 7.08. The molecule has 0 saturated carbocycles. The molecule has 0 aliphatic carbocycles. The molecule has 1 aromatic heterocycles. The van der Waals surface area contributed by atoms with E-state index in [4.69, 9.17) is 9.47 Å². The molecule has 5 rings (SSSR count). The average Bonchev–Trinajstić information content (AvgIpc) is 3.48. The van der Waals surface area contributed by atoms with Gasteiger partial charge in [-0.05, 0) is 66.6 Å². The lowest BCUT2D eigenvalue weighted by molar-refractivity contribution is -0.152. The quantitative estimate of drug-likeness (QED) is 0.199. The predicted molar refractivity (Wildman–Crippen MR) is 175 cm³/mol. The van der Waals surface area contributed by atoms with Crippen LogP contribution in [0.5, 0.6) is 0 Å². The van der Waals surface area contributed by atoms with Crippen LogP contribution in [0.4, 0.5) is 4.79 Å². The molecule has 0 bridgehead atoms. The van der Waals surface area contributed by atoms with Crippen LogP contribution in [0.15, 0.2) is 107 Å². The Morgan fingerprint density at radius 1 is 0.844 bits per heavy atom. The normalized spacial score (nSPS) is 16.4. The van der Waals surface area contributed by atoms with E-state index >= 15 is 0 Å². The number of carbonyl (C=O) groups is 3. The van der Waals surface area contributed by atoms with Gasteiger partial charge in [0, 0.05) is 24.7 Å². The second-order valence-electron chi connectivity index (χ2n) is 11.7. The van der Waals surface area contributed by atoms with Gasteiger partial charge in [-0.1, -0.05) is 78.9 Å². The van der Waals surface area contributed by atoms with Gasteiger partial charge in [0.05, 0.1) is 9.61 Å². The van der Waals surface area contributed by atoms with Gasteiger partial charge in [-0.25, -0.2) is 14.4 Å². The maximum atomic E-state index is 14.0. The zero-order valence-corrected chi connectivity index (χ0v) is 27.1. The molecule has 11 heteroatoms. The van der Waals surface area contributed by atoms with E-state index in [0.717, 1.165) is 11.1 Å². The van der Waals surface area contributed by atoms with Gasteiger partial charge in [0.1, 0.15) is 11.6 Å². The molecule has 2 heterocycles. The van der Waals surface area contributed by atoms with Crippen molar-refractivity contribution < 1.29 is 23.9 Å². The Morgan fingerprint density at radius 2 is 1.38 bits per heavy atom. The number of nitrogens with zero attached hydrogens (tertiary/aromatic N) is 3. The molecule has 1 amide bonds. The zero-order valence-electron chi connectivity index (χ0n) is 25.0. The van der Waals surface area contributed by atoms with Gasteiger partial charge in [0.25, 0.3) is 11.5 Å². The highest BCUT2D eigenvalue weighted by Gasteiger charge is 2.44. The van der Waals surface area contributed by atoms with Gasteiger partial charge in [-0.3, -0.25) is 19.1 Å². The second kappa shape index (κ2) is 13.2. The first kappa shape index (κ1) is 31.9. The van der Waals surface area contributed by atoms with E-state index in [2.05, 4.69) is 0 Å². The lowest BCUT2D eigenvalue weighted by atomic mass is 10.0. The van der Waals surface area contributed by atoms with Crippen LogP contribution < -0.4 is 11.2 Å². The van der Waals surface area contributed by atoms with Crippen molar-refractivity contribution in [3.8, 4) is 0 Å². The van der Waals surface area contributed by atoms with Gasteiger partial charge >= 0.3 is 17.8 Å². The number of esters is 1. The summed E-state index contributed by atoms with van der Waals surface area (Å²) in [7, 11) is 0. The van der Waals surface area contributed by atoms with Gasteiger partial charge in [0.2, 0.25) is 0 Å². The minimum absolute atomic E-state index is 0.0118. The summed E-state index contributed by atoms with van der Waals surface area (Å²) >= 11 is 1.77. The van der Waals surface area contributed by atoms with Crippen LogP contribution in [0, 0.1) is 3.57 Å². The van der Waals surface area contributed by atoms with E-state index in [-0.39, 0.29) is 22.1 Å². The first-order valence-corrected chi connectivity index (χ1v) is 15.5. The third-order valence-corrected chi connectivity index (χ3v) is 8.05. The summed E-state index contributed by atoms with van der Waals surface area (Å²) in [6.45, 7) is 5.05. The van der Waals surface area contributed by atoms with E-state index in [1.165, 1.54) is 27.8 Å². The topological polar surface area (TPSA) is 117 Å². The Kier molecular flexibility index (Phi) is 9.37. The van der Waals surface area contributed by atoms with Crippen molar-refractivity contribution in [3.63, 3.8) is 0 Å². The fourth-order valence-electron chi connectivity index (χ4n) is 5.23. The Morgan fingerprint density at radius 3 is 1.91 bits per heavy atom. The molecule has 2 atom stereocenters. The second-order valence-corrected chi connectivity index (χ2v) is 12.8. The van der Waals surface area contributed by atoms with Crippen molar-refractivity contribution in [2.24, 2.45) is 0 Å². The third-order valence-electron chi connectivity index (χ3n) is 7.31. The summed E-state index contributed by atoms with van der Waals surface area (Å²) in [4.78, 5) is 68.7. The molecule has 3 aromatic carbocycles. The lowest BCUT2D eigenvalue weighted by Crippen LogP contribution is -2.46. The first-order chi connectivity index (χ1) is 21.4. The Balaban J connectivity index is 1.52. The van der Waals surface area contributed by atoms with Crippen molar-refractivity contribution >= 4 is 40.6 Å². The molecule has 1 aliphatic heterocycles. The minimum atomic E-state index is -1.12. The van der Waals surface area contributed by atoms with Crippen LogP contribution in [0.3, 0.4) is 0 Å². The van der Waals surface area contributed by atoms with E-state index in [1.54, 1.807) is 61.6 Å². The predicted octanol–water partition coefficient (Wildman–Crippen LogP) is 5.19. The summed E-state index contributed by atoms with van der Waals surface area (Å²) in [6, 6.07) is 24.6. The number of amides is 1. The Hall–Kier alpha value is -4.52. The number of hydrogen-bond donors (Lipinski definition) is 0. The molecule has 0 spiro atoms. The number of likely N-dealkylation sites (tertiary alicyclic amines) is 1. The minimum Gasteiger partial charge on any atom is -0.451 e. The van der Waals surface area contributed by atoms with Crippen molar-refractivity contribution in [2.45, 2.75) is 51.0 Å². The fraction of sp³-hybridized carbons (Fsp3) is 0.265. The van der Waals surface area contributed by atoms with Crippen LogP contribution in [0.25, 0.3) is 0 Å². The zero-order chi connectivity index (χ0) is 32.3. The van der Waals surface area contributed by atoms with E-state index in [0.29, 0.717) is 4.57 Å². The van der Waals surface area contributed by atoms with Crippen LogP contribution in [-0.2, 0) is 14.3 Å². The van der Waals surface area contributed by atoms with Crippen LogP contribution in [0.1, 0.15) is 60.8 Å². The van der Waals surface area contributed by atoms with Crippen LogP contribution in [0.2, 0.25) is 0 Å². The number of ether oxygens (including phenoxy) is 2. The number of aromatic nitrogens is 2. The highest BCUT2D eigenvalue weighted by molar-refractivity contribution is 14.1. The summed E-state index contributed by atoms with van der Waals surface area (Å²) in [6.07, 6.45) is -0.169. The highest BCUT2D eigenvalue weighted by atomic mass is 127. The lowest BCUT2D eigenvalue weighted by Gasteiger charge is -2.28. The molecule has 0 radical (unpaired) electrons. The largest absolute Gasteiger partial charge is 0.451 e. The number of benzene rings is 3. The summed E-state index contributed by atoms with van der Waals surface area (Å²) in [5.74, 6) is -1.46. The SMILES string of the molecule is CC(C)(C)OC(=O)N1C[C@H](n2cc(I)c(=O)n(C(=O)c3ccccc3)c2=O)C[C@@H]1C(=O)OC(c1ccccc1)c1ccccc1. The molecule has 0 N–H and O–H groups in total. The molecular weight excluding hydrogens is 689 g/mol. The molecule has 0 unspecified atom stereocenters. The smallest absolute Gasteiger partial charge is 0.411 e. The number of rotatable bonds is 6.